The van der Waals surface area contributed by atoms with Crippen molar-refractivity contribution >= 4 is 23.7 Å². The van der Waals surface area contributed by atoms with E-state index in [1.54, 1.807) is 23.7 Å². The van der Waals surface area contributed by atoms with Crippen molar-refractivity contribution < 1.29 is 9.59 Å². The number of nitrogens with two attached hydrogens (primary N) is 1. The molecule has 0 saturated carbocycles. The standard InChI is InChI=1S/C16H25N3O2S/c1-5-11(2)14(18-16(17)21)15(20)19(3)10-12-6-8-13(22-4)9-7-12/h6-9,11,14H,5,10H2,1-4H3,(H3,17,18,21). The zero-order chi connectivity index (χ0) is 16.7. The fraction of sp³-hybridized carbons (Fsp3) is 0.500. The summed E-state index contributed by atoms with van der Waals surface area (Å²) in [5, 5.41) is 2.56. The van der Waals surface area contributed by atoms with E-state index in [1.165, 1.54) is 4.90 Å². The van der Waals surface area contributed by atoms with E-state index in [0.29, 0.717) is 6.54 Å². The van der Waals surface area contributed by atoms with E-state index in [4.69, 9.17) is 5.73 Å². The fourth-order valence-electron chi connectivity index (χ4n) is 2.16. The SMILES string of the molecule is CCC(C)C(NC(N)=O)C(=O)N(C)Cc1ccc(SC)cc1. The van der Waals surface area contributed by atoms with Crippen molar-refractivity contribution in [2.24, 2.45) is 11.7 Å². The van der Waals surface area contributed by atoms with E-state index in [9.17, 15) is 9.59 Å². The van der Waals surface area contributed by atoms with E-state index >= 15 is 0 Å². The molecule has 0 spiro atoms. The van der Waals surface area contributed by atoms with Crippen molar-refractivity contribution in [3.05, 3.63) is 29.8 Å². The molecule has 1 aromatic rings. The number of urea groups is 1. The van der Waals surface area contributed by atoms with Gasteiger partial charge in [0, 0.05) is 18.5 Å². The summed E-state index contributed by atoms with van der Waals surface area (Å²) in [5.74, 6) is -0.0941. The third-order valence-corrected chi connectivity index (χ3v) is 4.48. The second-order valence-corrected chi connectivity index (χ2v) is 6.29. The predicted molar refractivity (Wildman–Crippen MR) is 90.7 cm³/mol. The third-order valence-electron chi connectivity index (χ3n) is 3.73. The van der Waals surface area contributed by atoms with Gasteiger partial charge in [-0.1, -0.05) is 32.4 Å². The van der Waals surface area contributed by atoms with E-state index < -0.39 is 12.1 Å². The zero-order valence-electron chi connectivity index (χ0n) is 13.6. The highest BCUT2D eigenvalue weighted by atomic mass is 32.2. The number of carbonyl (C=O) groups is 2. The van der Waals surface area contributed by atoms with Gasteiger partial charge in [0.2, 0.25) is 5.91 Å². The number of rotatable bonds is 7. The van der Waals surface area contributed by atoms with Crippen LogP contribution in [0.3, 0.4) is 0 Å². The van der Waals surface area contributed by atoms with Gasteiger partial charge in [-0.3, -0.25) is 4.79 Å². The Morgan fingerprint density at radius 3 is 2.36 bits per heavy atom. The monoisotopic (exact) mass is 323 g/mol. The van der Waals surface area contributed by atoms with Crippen LogP contribution in [-0.2, 0) is 11.3 Å². The van der Waals surface area contributed by atoms with Gasteiger partial charge in [-0.15, -0.1) is 11.8 Å². The lowest BCUT2D eigenvalue weighted by Crippen LogP contribution is -2.52. The molecule has 3 N–H and O–H groups in total. The Morgan fingerprint density at radius 1 is 1.32 bits per heavy atom. The van der Waals surface area contributed by atoms with Crippen LogP contribution in [0.15, 0.2) is 29.2 Å². The van der Waals surface area contributed by atoms with Crippen LogP contribution in [0.25, 0.3) is 0 Å². The Hall–Kier alpha value is -1.69. The molecule has 0 heterocycles. The molecule has 0 aliphatic rings. The van der Waals surface area contributed by atoms with Gasteiger partial charge >= 0.3 is 6.03 Å². The highest BCUT2D eigenvalue weighted by Crippen LogP contribution is 2.16. The second kappa shape index (κ2) is 8.68. The van der Waals surface area contributed by atoms with Gasteiger partial charge in [0.05, 0.1) is 0 Å². The van der Waals surface area contributed by atoms with Crippen LogP contribution >= 0.6 is 11.8 Å². The second-order valence-electron chi connectivity index (χ2n) is 5.41. The molecule has 0 aliphatic carbocycles. The van der Waals surface area contributed by atoms with E-state index in [2.05, 4.69) is 5.32 Å². The summed E-state index contributed by atoms with van der Waals surface area (Å²) in [5.41, 5.74) is 6.24. The summed E-state index contributed by atoms with van der Waals surface area (Å²) in [6, 6.07) is 6.83. The largest absolute Gasteiger partial charge is 0.352 e. The van der Waals surface area contributed by atoms with Crippen LogP contribution in [0.2, 0.25) is 0 Å². The molecule has 2 unspecified atom stereocenters. The minimum atomic E-state index is -0.670. The molecular weight excluding hydrogens is 298 g/mol. The van der Waals surface area contributed by atoms with Crippen molar-refractivity contribution in [2.75, 3.05) is 13.3 Å². The van der Waals surface area contributed by atoms with Gasteiger partial charge in [0.1, 0.15) is 6.04 Å². The first-order valence-electron chi connectivity index (χ1n) is 7.32. The van der Waals surface area contributed by atoms with Crippen LogP contribution in [0.5, 0.6) is 0 Å². The average Bonchev–Trinajstić information content (AvgIpc) is 2.51. The van der Waals surface area contributed by atoms with Gasteiger partial charge in [0.25, 0.3) is 0 Å². The Kier molecular flexibility index (Phi) is 7.24. The predicted octanol–water partition coefficient (Wildman–Crippen LogP) is 2.45. The van der Waals surface area contributed by atoms with Crippen LogP contribution < -0.4 is 11.1 Å². The highest BCUT2D eigenvalue weighted by Gasteiger charge is 2.27. The first kappa shape index (κ1) is 18.4. The normalized spacial score (nSPS) is 13.3. The number of likely N-dealkylation sites (N-methyl/N-ethyl adjacent to an activating group) is 1. The number of amides is 3. The first-order chi connectivity index (χ1) is 10.4. The summed E-state index contributed by atoms with van der Waals surface area (Å²) >= 11 is 1.68. The Morgan fingerprint density at radius 2 is 1.91 bits per heavy atom. The molecule has 1 aromatic carbocycles. The maximum Gasteiger partial charge on any atom is 0.312 e. The van der Waals surface area contributed by atoms with Crippen LogP contribution in [0.4, 0.5) is 4.79 Å². The third kappa shape index (κ3) is 5.26. The van der Waals surface area contributed by atoms with Crippen molar-refractivity contribution in [1.82, 2.24) is 10.2 Å². The number of hydrogen-bond donors (Lipinski definition) is 2. The number of hydrogen-bond acceptors (Lipinski definition) is 3. The Labute approximate surface area is 136 Å². The van der Waals surface area contributed by atoms with Crippen LogP contribution in [-0.4, -0.2) is 36.2 Å². The maximum atomic E-state index is 12.6. The molecule has 1 rings (SSSR count). The average molecular weight is 323 g/mol. The fourth-order valence-corrected chi connectivity index (χ4v) is 2.56. The molecule has 0 saturated heterocycles. The molecule has 0 aromatic heterocycles. The molecule has 5 nitrogen and oxygen atoms in total. The quantitative estimate of drug-likeness (QED) is 0.757. The minimum absolute atomic E-state index is 0.0290. The minimum Gasteiger partial charge on any atom is -0.352 e. The van der Waals surface area contributed by atoms with Crippen molar-refractivity contribution in [3.63, 3.8) is 0 Å². The number of primary amides is 1. The lowest BCUT2D eigenvalue weighted by Gasteiger charge is -2.27. The zero-order valence-corrected chi connectivity index (χ0v) is 14.4. The molecular formula is C16H25N3O2S. The molecule has 22 heavy (non-hydrogen) atoms. The van der Waals surface area contributed by atoms with Crippen LogP contribution in [0.1, 0.15) is 25.8 Å². The Bertz CT molecular complexity index is 505. The number of thioether (sulfide) groups is 1. The summed E-state index contributed by atoms with van der Waals surface area (Å²) in [7, 11) is 1.74. The summed E-state index contributed by atoms with van der Waals surface area (Å²) in [6.45, 7) is 4.41. The van der Waals surface area contributed by atoms with Gasteiger partial charge in [-0.2, -0.15) is 0 Å². The summed E-state index contributed by atoms with van der Waals surface area (Å²) in [4.78, 5) is 26.5. The summed E-state index contributed by atoms with van der Waals surface area (Å²) in [6.07, 6.45) is 2.81. The number of nitrogens with zero attached hydrogens (tertiary/aromatic N) is 1. The molecule has 0 fully saturated rings. The lowest BCUT2D eigenvalue weighted by atomic mass is 9.98. The van der Waals surface area contributed by atoms with E-state index in [1.807, 2.05) is 44.4 Å². The van der Waals surface area contributed by atoms with Crippen molar-refractivity contribution in [3.8, 4) is 0 Å². The van der Waals surface area contributed by atoms with Crippen LogP contribution in [0, 0.1) is 5.92 Å². The molecule has 3 amide bonds. The van der Waals surface area contributed by atoms with Gasteiger partial charge < -0.3 is 16.0 Å². The summed E-state index contributed by atoms with van der Waals surface area (Å²) < 4.78 is 0. The molecule has 0 aliphatic heterocycles. The molecule has 6 heteroatoms. The van der Waals surface area contributed by atoms with E-state index in [0.717, 1.165) is 12.0 Å². The smallest absolute Gasteiger partial charge is 0.312 e. The number of benzene rings is 1. The van der Waals surface area contributed by atoms with Gasteiger partial charge in [0.15, 0.2) is 0 Å². The first-order valence-corrected chi connectivity index (χ1v) is 8.55. The number of carbonyl (C=O) groups excluding carboxylic acids is 2. The maximum absolute atomic E-state index is 12.6. The molecule has 0 bridgehead atoms. The molecule has 2 atom stereocenters. The van der Waals surface area contributed by atoms with Crippen molar-refractivity contribution in [1.29, 1.82) is 0 Å². The van der Waals surface area contributed by atoms with Gasteiger partial charge in [-0.05, 0) is 29.9 Å². The van der Waals surface area contributed by atoms with E-state index in [-0.39, 0.29) is 11.8 Å². The lowest BCUT2D eigenvalue weighted by molar-refractivity contribution is -0.133. The number of nitrogens with one attached hydrogen (secondary N) is 1. The topological polar surface area (TPSA) is 75.4 Å². The van der Waals surface area contributed by atoms with Gasteiger partial charge in [-0.25, -0.2) is 4.79 Å². The molecule has 122 valence electrons. The highest BCUT2D eigenvalue weighted by molar-refractivity contribution is 7.98. The Balaban J connectivity index is 2.77. The molecule has 0 radical (unpaired) electrons. The van der Waals surface area contributed by atoms with Crippen molar-refractivity contribution in [2.45, 2.75) is 37.8 Å².